The number of hydrogen-bond acceptors (Lipinski definition) is 3. The molecule has 0 saturated heterocycles. The molecule has 2 aromatic carbocycles. The van der Waals surface area contributed by atoms with Crippen LogP contribution in [0.5, 0.6) is 11.5 Å². The van der Waals surface area contributed by atoms with Crippen LogP contribution in [0.4, 0.5) is 4.39 Å². The highest BCUT2D eigenvalue weighted by molar-refractivity contribution is 6.30. The minimum atomic E-state index is -0.699. The van der Waals surface area contributed by atoms with E-state index >= 15 is 0 Å². The molecule has 112 valence electrons. The Kier molecular flexibility index (Phi) is 5.04. The predicted molar refractivity (Wildman–Crippen MR) is 79.4 cm³/mol. The normalized spacial score (nSPS) is 12.0. The Balaban J connectivity index is 2.24. The number of halogens is 2. The van der Waals surface area contributed by atoms with Crippen molar-refractivity contribution < 1.29 is 19.0 Å². The smallest absolute Gasteiger partial charge is 0.148 e. The minimum absolute atomic E-state index is 0.0132. The van der Waals surface area contributed by atoms with Crippen molar-refractivity contribution in [3.05, 3.63) is 58.4 Å². The molecular formula is C16H16ClFO3. The second-order valence-electron chi connectivity index (χ2n) is 4.58. The van der Waals surface area contributed by atoms with E-state index < -0.39 is 11.9 Å². The fourth-order valence-electron chi connectivity index (χ4n) is 1.93. The molecule has 0 saturated carbocycles. The van der Waals surface area contributed by atoms with Crippen molar-refractivity contribution in [2.75, 3.05) is 7.11 Å². The first kappa shape index (κ1) is 15.6. The average Bonchev–Trinajstić information content (AvgIpc) is 2.48. The summed E-state index contributed by atoms with van der Waals surface area (Å²) < 4.78 is 24.6. The van der Waals surface area contributed by atoms with Gasteiger partial charge in [0, 0.05) is 17.2 Å². The van der Waals surface area contributed by atoms with Gasteiger partial charge in [-0.2, -0.15) is 0 Å². The Morgan fingerprint density at radius 2 is 2.05 bits per heavy atom. The van der Waals surface area contributed by atoms with Crippen LogP contribution in [0.3, 0.4) is 0 Å². The number of benzene rings is 2. The zero-order valence-corrected chi connectivity index (χ0v) is 12.5. The van der Waals surface area contributed by atoms with Crippen LogP contribution in [-0.2, 0) is 6.61 Å². The molecule has 0 spiro atoms. The van der Waals surface area contributed by atoms with Gasteiger partial charge in [-0.05, 0) is 25.1 Å². The molecule has 1 atom stereocenters. The van der Waals surface area contributed by atoms with Gasteiger partial charge in [0.05, 0.1) is 18.2 Å². The van der Waals surface area contributed by atoms with E-state index in [4.69, 9.17) is 21.1 Å². The van der Waals surface area contributed by atoms with Crippen molar-refractivity contribution in [3.63, 3.8) is 0 Å². The van der Waals surface area contributed by atoms with E-state index in [9.17, 15) is 9.50 Å². The molecule has 3 nitrogen and oxygen atoms in total. The van der Waals surface area contributed by atoms with Crippen LogP contribution in [0.2, 0.25) is 5.02 Å². The Labute approximate surface area is 127 Å². The minimum Gasteiger partial charge on any atom is -0.497 e. The van der Waals surface area contributed by atoms with Crippen molar-refractivity contribution in [3.8, 4) is 11.5 Å². The first-order valence-electron chi connectivity index (χ1n) is 6.44. The molecular weight excluding hydrogens is 295 g/mol. The summed E-state index contributed by atoms with van der Waals surface area (Å²) in [6.07, 6.45) is -0.699. The van der Waals surface area contributed by atoms with E-state index in [-0.39, 0.29) is 11.6 Å². The van der Waals surface area contributed by atoms with E-state index in [1.807, 2.05) is 0 Å². The molecule has 0 radical (unpaired) electrons. The average molecular weight is 311 g/mol. The molecule has 2 aromatic rings. The van der Waals surface area contributed by atoms with E-state index in [1.54, 1.807) is 37.3 Å². The van der Waals surface area contributed by atoms with Gasteiger partial charge in [0.2, 0.25) is 0 Å². The van der Waals surface area contributed by atoms with Gasteiger partial charge in [-0.15, -0.1) is 0 Å². The summed E-state index contributed by atoms with van der Waals surface area (Å²) in [6.45, 7) is 1.65. The maximum atomic E-state index is 13.8. The molecule has 0 fully saturated rings. The Bertz CT molecular complexity index is 629. The van der Waals surface area contributed by atoms with Gasteiger partial charge in [0.15, 0.2) is 0 Å². The third-order valence-electron chi connectivity index (χ3n) is 3.09. The van der Waals surface area contributed by atoms with E-state index in [2.05, 4.69) is 0 Å². The summed E-state index contributed by atoms with van der Waals surface area (Å²) >= 11 is 5.73. The molecule has 0 bridgehead atoms. The molecule has 0 aliphatic rings. The van der Waals surface area contributed by atoms with Crippen LogP contribution >= 0.6 is 11.6 Å². The second kappa shape index (κ2) is 6.78. The van der Waals surface area contributed by atoms with Gasteiger partial charge in [0.25, 0.3) is 0 Å². The summed E-state index contributed by atoms with van der Waals surface area (Å²) in [6, 6.07) is 9.84. The summed E-state index contributed by atoms with van der Waals surface area (Å²) in [5.74, 6) is 0.547. The van der Waals surface area contributed by atoms with Crippen LogP contribution in [0.25, 0.3) is 0 Å². The molecule has 21 heavy (non-hydrogen) atoms. The highest BCUT2D eigenvalue weighted by Gasteiger charge is 2.12. The summed E-state index contributed by atoms with van der Waals surface area (Å²) in [4.78, 5) is 0. The van der Waals surface area contributed by atoms with E-state index in [0.717, 1.165) is 0 Å². The quantitative estimate of drug-likeness (QED) is 0.903. The van der Waals surface area contributed by atoms with Gasteiger partial charge in [-0.1, -0.05) is 23.7 Å². The molecule has 2 rings (SSSR count). The number of aliphatic hydroxyl groups excluding tert-OH is 1. The van der Waals surface area contributed by atoms with Crippen molar-refractivity contribution in [1.82, 2.24) is 0 Å². The van der Waals surface area contributed by atoms with Crippen molar-refractivity contribution in [2.24, 2.45) is 0 Å². The topological polar surface area (TPSA) is 38.7 Å². The first-order chi connectivity index (χ1) is 10.0. The molecule has 0 aromatic heterocycles. The lowest BCUT2D eigenvalue weighted by molar-refractivity contribution is 0.189. The van der Waals surface area contributed by atoms with Gasteiger partial charge < -0.3 is 14.6 Å². The van der Waals surface area contributed by atoms with Gasteiger partial charge >= 0.3 is 0 Å². The highest BCUT2D eigenvalue weighted by Crippen LogP contribution is 2.30. The van der Waals surface area contributed by atoms with Crippen LogP contribution in [-0.4, -0.2) is 12.2 Å². The number of rotatable bonds is 5. The standard InChI is InChI=1S/C16H16ClFO3/c1-10(19)13-7-6-12(20-2)8-15(13)21-9-11-4-3-5-14(17)16(11)18/h3-8,10,19H,9H2,1-2H3/t10-/m0/s1. The summed E-state index contributed by atoms with van der Waals surface area (Å²) in [5.41, 5.74) is 0.958. The molecule has 0 heterocycles. The number of methoxy groups -OCH3 is 1. The number of hydrogen-bond donors (Lipinski definition) is 1. The molecule has 0 aliphatic heterocycles. The fourth-order valence-corrected chi connectivity index (χ4v) is 2.12. The van der Waals surface area contributed by atoms with Crippen LogP contribution in [0, 0.1) is 5.82 Å². The van der Waals surface area contributed by atoms with Gasteiger partial charge in [0.1, 0.15) is 23.9 Å². The third-order valence-corrected chi connectivity index (χ3v) is 3.38. The number of aliphatic hydroxyl groups is 1. The highest BCUT2D eigenvalue weighted by atomic mass is 35.5. The summed E-state index contributed by atoms with van der Waals surface area (Å²) in [5, 5.41) is 9.80. The maximum Gasteiger partial charge on any atom is 0.148 e. The number of ether oxygens (including phenoxy) is 2. The zero-order chi connectivity index (χ0) is 15.4. The molecule has 1 N–H and O–H groups in total. The summed E-state index contributed by atoms with van der Waals surface area (Å²) in [7, 11) is 1.54. The van der Waals surface area contributed by atoms with Gasteiger partial charge in [-0.3, -0.25) is 0 Å². The lowest BCUT2D eigenvalue weighted by Crippen LogP contribution is -2.03. The Morgan fingerprint density at radius 1 is 1.29 bits per heavy atom. The molecule has 0 amide bonds. The molecule has 5 heteroatoms. The monoisotopic (exact) mass is 310 g/mol. The van der Waals surface area contributed by atoms with Crippen molar-refractivity contribution >= 4 is 11.6 Å². The first-order valence-corrected chi connectivity index (χ1v) is 6.82. The van der Waals surface area contributed by atoms with Crippen LogP contribution in [0.15, 0.2) is 36.4 Å². The Hall–Kier alpha value is -1.78. The van der Waals surface area contributed by atoms with Gasteiger partial charge in [-0.25, -0.2) is 4.39 Å². The largest absolute Gasteiger partial charge is 0.497 e. The van der Waals surface area contributed by atoms with E-state index in [0.29, 0.717) is 22.6 Å². The molecule has 0 unspecified atom stereocenters. The van der Waals surface area contributed by atoms with Crippen LogP contribution in [0.1, 0.15) is 24.2 Å². The second-order valence-corrected chi connectivity index (χ2v) is 4.99. The predicted octanol–water partition coefficient (Wildman–Crippen LogP) is 4.12. The molecule has 0 aliphatic carbocycles. The fraction of sp³-hybridized carbons (Fsp3) is 0.250. The SMILES string of the molecule is COc1ccc([C@H](C)O)c(OCc2cccc(Cl)c2F)c1. The third kappa shape index (κ3) is 3.65. The zero-order valence-electron chi connectivity index (χ0n) is 11.8. The Morgan fingerprint density at radius 3 is 2.71 bits per heavy atom. The van der Waals surface area contributed by atoms with E-state index in [1.165, 1.54) is 13.2 Å². The van der Waals surface area contributed by atoms with Crippen LogP contribution < -0.4 is 9.47 Å². The maximum absolute atomic E-state index is 13.8. The lowest BCUT2D eigenvalue weighted by Gasteiger charge is -2.15. The van der Waals surface area contributed by atoms with Crippen molar-refractivity contribution in [2.45, 2.75) is 19.6 Å². The lowest BCUT2D eigenvalue weighted by atomic mass is 10.1. The van der Waals surface area contributed by atoms with Crippen molar-refractivity contribution in [1.29, 1.82) is 0 Å².